The molecule has 3 rings (SSSR count). The van der Waals surface area contributed by atoms with E-state index in [2.05, 4.69) is 9.71 Å². The first-order chi connectivity index (χ1) is 12.7. The lowest BCUT2D eigenvalue weighted by molar-refractivity contribution is 0.0790. The molecular formula is C19H24N4O3S. The number of hydrogen-bond acceptors (Lipinski definition) is 5. The largest absolute Gasteiger partial charge is 0.378 e. The van der Waals surface area contributed by atoms with Gasteiger partial charge in [0.2, 0.25) is 10.0 Å². The maximum atomic E-state index is 12.8. The maximum Gasteiger partial charge on any atom is 0.255 e. The normalized spacial score (nSPS) is 17.1. The zero-order valence-electron chi connectivity index (χ0n) is 15.7. The van der Waals surface area contributed by atoms with Crippen molar-refractivity contribution in [2.45, 2.75) is 12.5 Å². The van der Waals surface area contributed by atoms with Crippen molar-refractivity contribution in [3.8, 4) is 11.1 Å². The van der Waals surface area contributed by atoms with Gasteiger partial charge in [-0.15, -0.1) is 0 Å². The molecule has 27 heavy (non-hydrogen) atoms. The molecule has 1 saturated heterocycles. The fourth-order valence-electron chi connectivity index (χ4n) is 3.19. The van der Waals surface area contributed by atoms with Gasteiger partial charge in [-0.3, -0.25) is 9.78 Å². The van der Waals surface area contributed by atoms with Gasteiger partial charge in [0.05, 0.1) is 11.8 Å². The molecule has 0 spiro atoms. The van der Waals surface area contributed by atoms with E-state index in [1.807, 2.05) is 49.3 Å². The molecular weight excluding hydrogens is 364 g/mol. The summed E-state index contributed by atoms with van der Waals surface area (Å²) in [6.07, 6.45) is 5.03. The number of benzene rings is 1. The Labute approximate surface area is 160 Å². The monoisotopic (exact) mass is 388 g/mol. The van der Waals surface area contributed by atoms with E-state index in [0.717, 1.165) is 23.1 Å². The Morgan fingerprint density at radius 3 is 2.52 bits per heavy atom. The number of hydrogen-bond donors (Lipinski definition) is 1. The summed E-state index contributed by atoms with van der Waals surface area (Å²) in [7, 11) is 0.690. The minimum Gasteiger partial charge on any atom is -0.378 e. The molecule has 0 bridgehead atoms. The zero-order chi connectivity index (χ0) is 19.6. The molecule has 0 saturated carbocycles. The third-order valence-corrected chi connectivity index (χ3v) is 5.32. The molecule has 0 radical (unpaired) electrons. The van der Waals surface area contributed by atoms with Gasteiger partial charge < -0.3 is 9.80 Å². The number of nitrogens with zero attached hydrogens (tertiary/aromatic N) is 3. The van der Waals surface area contributed by atoms with Crippen molar-refractivity contribution >= 4 is 21.6 Å². The summed E-state index contributed by atoms with van der Waals surface area (Å²) >= 11 is 0. The fourth-order valence-corrected chi connectivity index (χ4v) is 3.99. The van der Waals surface area contributed by atoms with Crippen LogP contribution in [0.4, 0.5) is 5.69 Å². The Hall–Kier alpha value is -2.45. The lowest BCUT2D eigenvalue weighted by Gasteiger charge is -2.17. The fraction of sp³-hybridized carbons (Fsp3) is 0.368. The number of sulfonamides is 1. The molecule has 144 valence electrons. The number of likely N-dealkylation sites (tertiary alicyclic amines) is 1. The average Bonchev–Trinajstić information content (AvgIpc) is 3.08. The van der Waals surface area contributed by atoms with Crippen LogP contribution in [0.1, 0.15) is 16.8 Å². The zero-order valence-corrected chi connectivity index (χ0v) is 16.5. The minimum atomic E-state index is -3.28. The van der Waals surface area contributed by atoms with Gasteiger partial charge in [0.15, 0.2) is 0 Å². The summed E-state index contributed by atoms with van der Waals surface area (Å²) in [6, 6.07) is 9.64. The number of pyridine rings is 1. The Bertz CT molecular complexity index is 926. The van der Waals surface area contributed by atoms with Crippen LogP contribution in [0.15, 0.2) is 42.7 Å². The molecule has 1 atom stereocenters. The van der Waals surface area contributed by atoms with Crippen molar-refractivity contribution in [2.75, 3.05) is 38.3 Å². The predicted octanol–water partition coefficient (Wildman–Crippen LogP) is 1.58. The molecule has 1 N–H and O–H groups in total. The van der Waals surface area contributed by atoms with Crippen molar-refractivity contribution in [3.05, 3.63) is 48.3 Å². The molecule has 0 aliphatic carbocycles. The van der Waals surface area contributed by atoms with Gasteiger partial charge in [0.25, 0.3) is 5.91 Å². The van der Waals surface area contributed by atoms with Crippen LogP contribution >= 0.6 is 0 Å². The SMILES string of the molecule is CN(C)c1ccc(-c2cncc(C(=O)N3CCC(NS(C)(=O)=O)C3)c2)cc1. The molecule has 1 unspecified atom stereocenters. The standard InChI is InChI=1S/C19H24N4O3S/c1-22(2)18-6-4-14(5-7-18)15-10-16(12-20-11-15)19(24)23-9-8-17(13-23)21-27(3,25)26/h4-7,10-12,17,21H,8-9,13H2,1-3H3. The van der Waals surface area contributed by atoms with E-state index in [1.165, 1.54) is 0 Å². The summed E-state index contributed by atoms with van der Waals surface area (Å²) in [5.74, 6) is -0.132. The van der Waals surface area contributed by atoms with E-state index in [1.54, 1.807) is 17.3 Å². The number of aromatic nitrogens is 1. The number of carbonyl (C=O) groups excluding carboxylic acids is 1. The number of amides is 1. The number of anilines is 1. The van der Waals surface area contributed by atoms with Crippen LogP contribution < -0.4 is 9.62 Å². The summed E-state index contributed by atoms with van der Waals surface area (Å²) in [5, 5.41) is 0. The van der Waals surface area contributed by atoms with Gasteiger partial charge in [-0.05, 0) is 30.2 Å². The van der Waals surface area contributed by atoms with E-state index in [9.17, 15) is 13.2 Å². The van der Waals surface area contributed by atoms with Crippen LogP contribution in [0.5, 0.6) is 0 Å². The molecule has 2 heterocycles. The van der Waals surface area contributed by atoms with E-state index in [0.29, 0.717) is 25.1 Å². The van der Waals surface area contributed by atoms with Crippen LogP contribution in [0.25, 0.3) is 11.1 Å². The highest BCUT2D eigenvalue weighted by molar-refractivity contribution is 7.88. The topological polar surface area (TPSA) is 82.6 Å². The van der Waals surface area contributed by atoms with E-state index in [4.69, 9.17) is 0 Å². The Kier molecular flexibility index (Phi) is 5.48. The van der Waals surface area contributed by atoms with Crippen LogP contribution in [0, 0.1) is 0 Å². The lowest BCUT2D eigenvalue weighted by atomic mass is 10.1. The summed E-state index contributed by atoms with van der Waals surface area (Å²) in [4.78, 5) is 20.7. The first-order valence-electron chi connectivity index (χ1n) is 8.72. The number of rotatable bonds is 5. The second-order valence-electron chi connectivity index (χ2n) is 7.03. The van der Waals surface area contributed by atoms with Crippen molar-refractivity contribution in [1.82, 2.24) is 14.6 Å². The van der Waals surface area contributed by atoms with Crippen LogP contribution in [-0.2, 0) is 10.0 Å². The number of carbonyl (C=O) groups is 1. The van der Waals surface area contributed by atoms with Gasteiger partial charge in [-0.2, -0.15) is 0 Å². The highest BCUT2D eigenvalue weighted by Gasteiger charge is 2.28. The predicted molar refractivity (Wildman–Crippen MR) is 106 cm³/mol. The van der Waals surface area contributed by atoms with Gasteiger partial charge in [-0.25, -0.2) is 13.1 Å². The van der Waals surface area contributed by atoms with E-state index in [-0.39, 0.29) is 11.9 Å². The number of nitrogens with one attached hydrogen (secondary N) is 1. The second kappa shape index (κ2) is 7.66. The average molecular weight is 388 g/mol. The van der Waals surface area contributed by atoms with Crippen LogP contribution in [-0.4, -0.2) is 63.7 Å². The quantitative estimate of drug-likeness (QED) is 0.841. The first kappa shape index (κ1) is 19.3. The molecule has 1 aliphatic heterocycles. The van der Waals surface area contributed by atoms with Gasteiger partial charge in [0.1, 0.15) is 0 Å². The van der Waals surface area contributed by atoms with E-state index < -0.39 is 10.0 Å². The molecule has 1 fully saturated rings. The summed E-state index contributed by atoms with van der Waals surface area (Å²) in [5.41, 5.74) is 3.46. The molecule has 1 amide bonds. The van der Waals surface area contributed by atoms with Gasteiger partial charge >= 0.3 is 0 Å². The Balaban J connectivity index is 1.74. The van der Waals surface area contributed by atoms with Gasteiger partial charge in [0, 0.05) is 56.9 Å². The molecule has 8 heteroatoms. The van der Waals surface area contributed by atoms with E-state index >= 15 is 0 Å². The summed E-state index contributed by atoms with van der Waals surface area (Å²) in [6.45, 7) is 0.890. The molecule has 7 nitrogen and oxygen atoms in total. The minimum absolute atomic E-state index is 0.132. The molecule has 2 aromatic rings. The van der Waals surface area contributed by atoms with Gasteiger partial charge in [-0.1, -0.05) is 12.1 Å². The highest BCUT2D eigenvalue weighted by Crippen LogP contribution is 2.23. The second-order valence-corrected chi connectivity index (χ2v) is 8.81. The van der Waals surface area contributed by atoms with Crippen molar-refractivity contribution in [2.24, 2.45) is 0 Å². The third-order valence-electron chi connectivity index (χ3n) is 4.56. The summed E-state index contributed by atoms with van der Waals surface area (Å²) < 4.78 is 25.3. The van der Waals surface area contributed by atoms with Crippen LogP contribution in [0.3, 0.4) is 0 Å². The molecule has 1 aromatic heterocycles. The highest BCUT2D eigenvalue weighted by atomic mass is 32.2. The first-order valence-corrected chi connectivity index (χ1v) is 10.6. The van der Waals surface area contributed by atoms with Crippen molar-refractivity contribution < 1.29 is 13.2 Å². The van der Waals surface area contributed by atoms with Crippen molar-refractivity contribution in [1.29, 1.82) is 0 Å². The smallest absolute Gasteiger partial charge is 0.255 e. The molecule has 1 aliphatic rings. The Morgan fingerprint density at radius 2 is 1.89 bits per heavy atom. The Morgan fingerprint density at radius 1 is 1.19 bits per heavy atom. The third kappa shape index (κ3) is 4.84. The van der Waals surface area contributed by atoms with Crippen molar-refractivity contribution in [3.63, 3.8) is 0 Å². The molecule has 1 aromatic carbocycles. The van der Waals surface area contributed by atoms with Crippen LogP contribution in [0.2, 0.25) is 0 Å². The lowest BCUT2D eigenvalue weighted by Crippen LogP contribution is -2.37. The maximum absolute atomic E-state index is 12.8.